The predicted molar refractivity (Wildman–Crippen MR) is 46.4 cm³/mol. The van der Waals surface area contributed by atoms with E-state index in [0.717, 1.165) is 30.5 Å². The highest BCUT2D eigenvalue weighted by Crippen LogP contribution is 2.33. The van der Waals surface area contributed by atoms with E-state index in [1.807, 2.05) is 16.7 Å². The highest BCUT2D eigenvalue weighted by atomic mass is 32.2. The molecule has 0 N–H and O–H groups in total. The van der Waals surface area contributed by atoms with Gasteiger partial charge in [-0.2, -0.15) is 0 Å². The summed E-state index contributed by atoms with van der Waals surface area (Å²) in [5.74, 6) is 3.20. The maximum atomic E-state index is 11.4. The van der Waals surface area contributed by atoms with Gasteiger partial charge in [0.25, 0.3) is 0 Å². The van der Waals surface area contributed by atoms with Crippen molar-refractivity contribution in [1.82, 2.24) is 4.90 Å². The second-order valence-corrected chi connectivity index (χ2v) is 4.42. The molecule has 1 amide bonds. The third-order valence-electron chi connectivity index (χ3n) is 2.27. The van der Waals surface area contributed by atoms with Gasteiger partial charge in [0.05, 0.1) is 5.88 Å². The Balaban J connectivity index is 1.77. The molecule has 0 spiro atoms. The number of amides is 1. The molecule has 0 aromatic carbocycles. The fourth-order valence-corrected chi connectivity index (χ4v) is 2.28. The van der Waals surface area contributed by atoms with Gasteiger partial charge in [0.1, 0.15) is 0 Å². The van der Waals surface area contributed by atoms with Crippen LogP contribution in [0.4, 0.5) is 0 Å². The highest BCUT2D eigenvalue weighted by Gasteiger charge is 2.27. The Kier molecular flexibility index (Phi) is 2.07. The molecule has 3 heteroatoms. The Morgan fingerprint density at radius 3 is 2.91 bits per heavy atom. The van der Waals surface area contributed by atoms with E-state index < -0.39 is 0 Å². The second kappa shape index (κ2) is 3.05. The molecule has 2 fully saturated rings. The lowest BCUT2D eigenvalue weighted by molar-refractivity contribution is -0.130. The van der Waals surface area contributed by atoms with Crippen LogP contribution in [0.5, 0.6) is 0 Å². The van der Waals surface area contributed by atoms with Gasteiger partial charge in [-0.15, -0.1) is 11.8 Å². The minimum absolute atomic E-state index is 0.387. The van der Waals surface area contributed by atoms with Gasteiger partial charge in [0, 0.05) is 18.7 Å². The average molecular weight is 171 g/mol. The SMILES string of the molecule is O=C(CC1CC1)N1CCSC1. The van der Waals surface area contributed by atoms with E-state index in [2.05, 4.69) is 0 Å². The second-order valence-electron chi connectivity index (χ2n) is 3.34. The summed E-state index contributed by atoms with van der Waals surface area (Å²) in [5.41, 5.74) is 0. The van der Waals surface area contributed by atoms with Crippen molar-refractivity contribution in [3.05, 3.63) is 0 Å². The van der Waals surface area contributed by atoms with E-state index in [1.165, 1.54) is 12.8 Å². The standard InChI is InChI=1S/C8H13NOS/c10-8(5-7-1-2-7)9-3-4-11-6-9/h7H,1-6H2. The van der Waals surface area contributed by atoms with Crippen molar-refractivity contribution in [2.24, 2.45) is 5.92 Å². The molecule has 2 rings (SSSR count). The summed E-state index contributed by atoms with van der Waals surface area (Å²) in [7, 11) is 0. The van der Waals surface area contributed by atoms with Gasteiger partial charge in [0.2, 0.25) is 5.91 Å². The molecule has 1 saturated carbocycles. The van der Waals surface area contributed by atoms with Gasteiger partial charge in [-0.05, 0) is 18.8 Å². The van der Waals surface area contributed by atoms with Crippen LogP contribution in [0.3, 0.4) is 0 Å². The van der Waals surface area contributed by atoms with Crippen LogP contribution in [0.1, 0.15) is 19.3 Å². The lowest BCUT2D eigenvalue weighted by atomic mass is 10.2. The molecule has 62 valence electrons. The van der Waals surface area contributed by atoms with Gasteiger partial charge in [-0.25, -0.2) is 0 Å². The van der Waals surface area contributed by atoms with Crippen molar-refractivity contribution < 1.29 is 4.79 Å². The number of hydrogen-bond donors (Lipinski definition) is 0. The molecule has 1 saturated heterocycles. The lowest BCUT2D eigenvalue weighted by Gasteiger charge is -2.13. The molecule has 2 nitrogen and oxygen atoms in total. The number of thioether (sulfide) groups is 1. The molecule has 1 aliphatic heterocycles. The maximum Gasteiger partial charge on any atom is 0.223 e. The summed E-state index contributed by atoms with van der Waals surface area (Å²) in [6.07, 6.45) is 3.39. The van der Waals surface area contributed by atoms with E-state index in [0.29, 0.717) is 5.91 Å². The summed E-state index contributed by atoms with van der Waals surface area (Å²) in [6.45, 7) is 0.982. The Hall–Kier alpha value is -0.180. The van der Waals surface area contributed by atoms with E-state index in [-0.39, 0.29) is 0 Å². The predicted octanol–water partition coefficient (Wildman–Crippen LogP) is 1.32. The fourth-order valence-electron chi connectivity index (χ4n) is 1.31. The largest absolute Gasteiger partial charge is 0.333 e. The van der Waals surface area contributed by atoms with Crippen LogP contribution in [-0.2, 0) is 4.79 Å². The monoisotopic (exact) mass is 171 g/mol. The normalized spacial score (nSPS) is 24.2. The Bertz CT molecular complexity index is 161. The van der Waals surface area contributed by atoms with Crippen LogP contribution in [0, 0.1) is 5.92 Å². The maximum absolute atomic E-state index is 11.4. The van der Waals surface area contributed by atoms with Crippen LogP contribution in [-0.4, -0.2) is 29.0 Å². The molecule has 0 unspecified atom stereocenters. The summed E-state index contributed by atoms with van der Waals surface area (Å²) >= 11 is 1.86. The molecule has 0 bridgehead atoms. The van der Waals surface area contributed by atoms with E-state index in [4.69, 9.17) is 0 Å². The minimum Gasteiger partial charge on any atom is -0.333 e. The van der Waals surface area contributed by atoms with Crippen molar-refractivity contribution in [3.63, 3.8) is 0 Å². The van der Waals surface area contributed by atoms with Gasteiger partial charge < -0.3 is 4.90 Å². The molecule has 1 heterocycles. The summed E-state index contributed by atoms with van der Waals surface area (Å²) in [5, 5.41) is 0. The van der Waals surface area contributed by atoms with Crippen LogP contribution in [0.25, 0.3) is 0 Å². The lowest BCUT2D eigenvalue weighted by Crippen LogP contribution is -2.27. The first-order chi connectivity index (χ1) is 5.36. The van der Waals surface area contributed by atoms with Crippen LogP contribution >= 0.6 is 11.8 Å². The third-order valence-corrected chi connectivity index (χ3v) is 3.23. The first-order valence-corrected chi connectivity index (χ1v) is 5.37. The Morgan fingerprint density at radius 1 is 1.55 bits per heavy atom. The topological polar surface area (TPSA) is 20.3 Å². The summed E-state index contributed by atoms with van der Waals surface area (Å²) < 4.78 is 0. The van der Waals surface area contributed by atoms with Gasteiger partial charge in [-0.1, -0.05) is 0 Å². The van der Waals surface area contributed by atoms with Crippen LogP contribution < -0.4 is 0 Å². The molecule has 1 aliphatic carbocycles. The smallest absolute Gasteiger partial charge is 0.223 e. The van der Waals surface area contributed by atoms with Gasteiger partial charge in [-0.3, -0.25) is 4.79 Å². The van der Waals surface area contributed by atoms with E-state index >= 15 is 0 Å². The number of carbonyl (C=O) groups excluding carboxylic acids is 1. The number of hydrogen-bond acceptors (Lipinski definition) is 2. The highest BCUT2D eigenvalue weighted by molar-refractivity contribution is 7.99. The van der Waals surface area contributed by atoms with Crippen molar-refractivity contribution in [2.75, 3.05) is 18.2 Å². The molecular weight excluding hydrogens is 158 g/mol. The van der Waals surface area contributed by atoms with Crippen molar-refractivity contribution >= 4 is 17.7 Å². The molecule has 0 atom stereocenters. The number of rotatable bonds is 2. The zero-order chi connectivity index (χ0) is 7.68. The summed E-state index contributed by atoms with van der Waals surface area (Å²) in [6, 6.07) is 0. The first kappa shape index (κ1) is 7.47. The van der Waals surface area contributed by atoms with E-state index in [1.54, 1.807) is 0 Å². The number of carbonyl (C=O) groups is 1. The molecule has 0 radical (unpaired) electrons. The molecule has 0 aromatic rings. The molecule has 0 aromatic heterocycles. The van der Waals surface area contributed by atoms with Crippen molar-refractivity contribution in [3.8, 4) is 0 Å². The third kappa shape index (κ3) is 1.89. The van der Waals surface area contributed by atoms with E-state index in [9.17, 15) is 4.79 Å². The molecule has 2 aliphatic rings. The molecular formula is C8H13NOS. The first-order valence-electron chi connectivity index (χ1n) is 4.22. The van der Waals surface area contributed by atoms with Crippen LogP contribution in [0.2, 0.25) is 0 Å². The Labute approximate surface area is 71.3 Å². The zero-order valence-corrected chi connectivity index (χ0v) is 7.40. The van der Waals surface area contributed by atoms with Crippen LogP contribution in [0.15, 0.2) is 0 Å². The minimum atomic E-state index is 0.387. The molecule has 11 heavy (non-hydrogen) atoms. The van der Waals surface area contributed by atoms with Crippen molar-refractivity contribution in [2.45, 2.75) is 19.3 Å². The summed E-state index contributed by atoms with van der Waals surface area (Å²) in [4.78, 5) is 13.4. The fraction of sp³-hybridized carbons (Fsp3) is 0.875. The number of nitrogens with zero attached hydrogens (tertiary/aromatic N) is 1. The van der Waals surface area contributed by atoms with Gasteiger partial charge in [0.15, 0.2) is 0 Å². The Morgan fingerprint density at radius 2 is 2.36 bits per heavy atom. The quantitative estimate of drug-likeness (QED) is 0.624. The zero-order valence-electron chi connectivity index (χ0n) is 6.58. The van der Waals surface area contributed by atoms with Gasteiger partial charge >= 0.3 is 0 Å². The average Bonchev–Trinajstić information content (AvgIpc) is 2.67. The van der Waals surface area contributed by atoms with Crippen molar-refractivity contribution in [1.29, 1.82) is 0 Å².